The summed E-state index contributed by atoms with van der Waals surface area (Å²) in [5, 5.41) is 12.7. The van der Waals surface area contributed by atoms with E-state index in [1.54, 1.807) is 0 Å². The molecule has 0 amide bonds. The first-order valence-corrected chi connectivity index (χ1v) is 8.51. The smallest absolute Gasteiger partial charge is 0.320 e. The molecule has 0 radical (unpaired) electrons. The Morgan fingerprint density at radius 1 is 1.39 bits per heavy atom. The lowest BCUT2D eigenvalue weighted by Gasteiger charge is -2.25. The van der Waals surface area contributed by atoms with E-state index in [0.29, 0.717) is 6.42 Å². The van der Waals surface area contributed by atoms with Crippen LogP contribution in [0.4, 0.5) is 0 Å². The molecule has 0 bridgehead atoms. The zero-order valence-electron chi connectivity index (χ0n) is 14.7. The molecule has 1 aromatic carbocycles. The molecule has 4 heteroatoms. The average Bonchev–Trinajstić information content (AvgIpc) is 2.49. The fourth-order valence-corrected chi connectivity index (χ4v) is 2.90. The van der Waals surface area contributed by atoms with Crippen molar-refractivity contribution in [1.29, 1.82) is 0 Å². The van der Waals surface area contributed by atoms with Crippen molar-refractivity contribution in [3.8, 4) is 5.75 Å². The summed E-state index contributed by atoms with van der Waals surface area (Å²) in [5.41, 5.74) is 2.49. The van der Waals surface area contributed by atoms with Gasteiger partial charge < -0.3 is 9.84 Å². The number of ether oxygens (including phenoxy) is 1. The summed E-state index contributed by atoms with van der Waals surface area (Å²) < 4.78 is 5.64. The van der Waals surface area contributed by atoms with Gasteiger partial charge in [-0.1, -0.05) is 32.9 Å². The van der Waals surface area contributed by atoms with Crippen molar-refractivity contribution in [2.45, 2.75) is 65.5 Å². The maximum atomic E-state index is 11.5. The number of aliphatic carboxylic acids is 1. The molecule has 4 nitrogen and oxygen atoms in total. The van der Waals surface area contributed by atoms with Crippen molar-refractivity contribution in [1.82, 2.24) is 5.32 Å². The SMILES string of the molecule is CC(NC(CCC(C)(C)C)C(=O)O)c1ccc2c(c1)CCCO2. The van der Waals surface area contributed by atoms with Crippen LogP contribution in [0.5, 0.6) is 5.75 Å². The first kappa shape index (κ1) is 17.8. The number of hydrogen-bond acceptors (Lipinski definition) is 3. The number of carboxylic acids is 1. The lowest BCUT2D eigenvalue weighted by atomic mass is 9.88. The molecule has 23 heavy (non-hydrogen) atoms. The van der Waals surface area contributed by atoms with Crippen LogP contribution in [0.1, 0.15) is 64.1 Å². The van der Waals surface area contributed by atoms with Gasteiger partial charge in [0, 0.05) is 6.04 Å². The van der Waals surface area contributed by atoms with Crippen LogP contribution in [0.2, 0.25) is 0 Å². The second kappa shape index (κ2) is 7.35. The Labute approximate surface area is 139 Å². The molecule has 0 spiro atoms. The minimum absolute atomic E-state index is 0.00305. The monoisotopic (exact) mass is 319 g/mol. The first-order chi connectivity index (χ1) is 10.8. The van der Waals surface area contributed by atoms with Gasteiger partial charge in [0.15, 0.2) is 0 Å². The van der Waals surface area contributed by atoms with E-state index in [1.165, 1.54) is 5.56 Å². The number of benzene rings is 1. The molecule has 1 aliphatic rings. The van der Waals surface area contributed by atoms with E-state index in [-0.39, 0.29) is 11.5 Å². The number of aryl methyl sites for hydroxylation is 1. The van der Waals surface area contributed by atoms with Gasteiger partial charge in [0.25, 0.3) is 0 Å². The lowest BCUT2D eigenvalue weighted by Crippen LogP contribution is -2.39. The zero-order chi connectivity index (χ0) is 17.0. The average molecular weight is 319 g/mol. The van der Waals surface area contributed by atoms with Crippen molar-refractivity contribution in [3.63, 3.8) is 0 Å². The van der Waals surface area contributed by atoms with E-state index >= 15 is 0 Å². The largest absolute Gasteiger partial charge is 0.493 e. The van der Waals surface area contributed by atoms with Crippen molar-refractivity contribution in [2.75, 3.05) is 6.61 Å². The molecular formula is C19H29NO3. The maximum Gasteiger partial charge on any atom is 0.320 e. The van der Waals surface area contributed by atoms with Gasteiger partial charge in [-0.15, -0.1) is 0 Å². The van der Waals surface area contributed by atoms with Crippen molar-refractivity contribution >= 4 is 5.97 Å². The van der Waals surface area contributed by atoms with Crippen molar-refractivity contribution < 1.29 is 14.6 Å². The van der Waals surface area contributed by atoms with Crippen LogP contribution < -0.4 is 10.1 Å². The van der Waals surface area contributed by atoms with Gasteiger partial charge in [-0.05, 0) is 55.2 Å². The van der Waals surface area contributed by atoms with Gasteiger partial charge >= 0.3 is 5.97 Å². The highest BCUT2D eigenvalue weighted by Crippen LogP contribution is 2.28. The number of rotatable bonds is 6. The fourth-order valence-electron chi connectivity index (χ4n) is 2.90. The Morgan fingerprint density at radius 2 is 2.13 bits per heavy atom. The van der Waals surface area contributed by atoms with Gasteiger partial charge in [-0.2, -0.15) is 0 Å². The van der Waals surface area contributed by atoms with Gasteiger partial charge in [0.05, 0.1) is 6.61 Å². The van der Waals surface area contributed by atoms with Crippen LogP contribution in [-0.2, 0) is 11.2 Å². The number of nitrogens with one attached hydrogen (secondary N) is 1. The molecule has 0 aromatic heterocycles. The normalized spacial score (nSPS) is 17.0. The minimum Gasteiger partial charge on any atom is -0.493 e. The van der Waals surface area contributed by atoms with E-state index < -0.39 is 12.0 Å². The number of carboxylic acid groups (broad SMARTS) is 1. The summed E-state index contributed by atoms with van der Waals surface area (Å²) in [4.78, 5) is 11.5. The standard InChI is InChI=1S/C19H29NO3/c1-13(20-16(18(21)22)9-10-19(2,3)4)14-7-8-17-15(12-14)6-5-11-23-17/h7-8,12-13,16,20H,5-6,9-11H2,1-4H3,(H,21,22). The fraction of sp³-hybridized carbons (Fsp3) is 0.632. The summed E-state index contributed by atoms with van der Waals surface area (Å²) in [7, 11) is 0. The van der Waals surface area contributed by atoms with Crippen LogP contribution in [-0.4, -0.2) is 23.7 Å². The van der Waals surface area contributed by atoms with Gasteiger partial charge in [0.1, 0.15) is 11.8 Å². The minimum atomic E-state index is -0.776. The summed E-state index contributed by atoms with van der Waals surface area (Å²) in [6.07, 6.45) is 3.59. The molecule has 2 N–H and O–H groups in total. The predicted octanol–water partition coefficient (Wildman–Crippen LogP) is 3.94. The van der Waals surface area contributed by atoms with E-state index in [4.69, 9.17) is 4.74 Å². The summed E-state index contributed by atoms with van der Waals surface area (Å²) in [6, 6.07) is 5.67. The second-order valence-electron chi connectivity index (χ2n) is 7.70. The second-order valence-corrected chi connectivity index (χ2v) is 7.70. The molecule has 1 aliphatic heterocycles. The predicted molar refractivity (Wildman–Crippen MR) is 91.9 cm³/mol. The van der Waals surface area contributed by atoms with Crippen LogP contribution in [0, 0.1) is 5.41 Å². The van der Waals surface area contributed by atoms with E-state index in [0.717, 1.165) is 37.2 Å². The Bertz CT molecular complexity index is 548. The molecule has 1 aromatic rings. The van der Waals surface area contributed by atoms with E-state index in [9.17, 15) is 9.90 Å². The topological polar surface area (TPSA) is 58.6 Å². The Kier molecular flexibility index (Phi) is 5.69. The molecule has 0 aliphatic carbocycles. The Balaban J connectivity index is 2.03. The molecular weight excluding hydrogens is 290 g/mol. The molecule has 0 fully saturated rings. The quantitative estimate of drug-likeness (QED) is 0.834. The molecule has 2 rings (SSSR count). The number of fused-ring (bicyclic) bond motifs is 1. The molecule has 2 unspecified atom stereocenters. The maximum absolute atomic E-state index is 11.5. The number of carbonyl (C=O) groups is 1. The summed E-state index contributed by atoms with van der Waals surface area (Å²) >= 11 is 0. The van der Waals surface area contributed by atoms with E-state index in [1.807, 2.05) is 19.1 Å². The molecule has 128 valence electrons. The van der Waals surface area contributed by atoms with Gasteiger partial charge in [0.2, 0.25) is 0 Å². The Hall–Kier alpha value is -1.55. The zero-order valence-corrected chi connectivity index (χ0v) is 14.7. The van der Waals surface area contributed by atoms with E-state index in [2.05, 4.69) is 32.2 Å². The summed E-state index contributed by atoms with van der Waals surface area (Å²) in [6.45, 7) is 9.23. The van der Waals surface area contributed by atoms with Crippen molar-refractivity contribution in [2.24, 2.45) is 5.41 Å². The highest BCUT2D eigenvalue weighted by molar-refractivity contribution is 5.73. The summed E-state index contributed by atoms with van der Waals surface area (Å²) in [5.74, 6) is 0.192. The molecule has 1 heterocycles. The van der Waals surface area contributed by atoms with Crippen molar-refractivity contribution in [3.05, 3.63) is 29.3 Å². The lowest BCUT2D eigenvalue weighted by molar-refractivity contribution is -0.140. The highest BCUT2D eigenvalue weighted by Gasteiger charge is 2.23. The Morgan fingerprint density at radius 3 is 2.78 bits per heavy atom. The molecule has 0 saturated heterocycles. The van der Waals surface area contributed by atoms with Crippen LogP contribution in [0.25, 0.3) is 0 Å². The number of hydrogen-bond donors (Lipinski definition) is 2. The molecule has 0 saturated carbocycles. The van der Waals surface area contributed by atoms with Crippen LogP contribution in [0.15, 0.2) is 18.2 Å². The first-order valence-electron chi connectivity index (χ1n) is 8.51. The third-order valence-electron chi connectivity index (χ3n) is 4.36. The van der Waals surface area contributed by atoms with Crippen LogP contribution >= 0.6 is 0 Å². The third kappa shape index (κ3) is 5.24. The molecule has 2 atom stereocenters. The highest BCUT2D eigenvalue weighted by atomic mass is 16.5. The third-order valence-corrected chi connectivity index (χ3v) is 4.36. The van der Waals surface area contributed by atoms with Crippen LogP contribution in [0.3, 0.4) is 0 Å². The van der Waals surface area contributed by atoms with Gasteiger partial charge in [-0.25, -0.2) is 0 Å². The van der Waals surface area contributed by atoms with Gasteiger partial charge in [-0.3, -0.25) is 10.1 Å².